The number of nitrogens with one attached hydrogen (secondary N) is 1. The highest BCUT2D eigenvalue weighted by atomic mass is 32.1. The molecule has 0 aliphatic heterocycles. The zero-order chi connectivity index (χ0) is 19.1. The second kappa shape index (κ2) is 6.77. The number of hydrogen-bond donors (Lipinski definition) is 1. The fourth-order valence-electron chi connectivity index (χ4n) is 3.33. The summed E-state index contributed by atoms with van der Waals surface area (Å²) in [6, 6.07) is 3.76. The third-order valence-corrected chi connectivity index (χ3v) is 5.63. The van der Waals surface area contributed by atoms with E-state index in [0.717, 1.165) is 21.6 Å². The molecule has 0 saturated heterocycles. The van der Waals surface area contributed by atoms with Gasteiger partial charge >= 0.3 is 5.97 Å². The number of carbonyl (C=O) groups is 2. The maximum Gasteiger partial charge on any atom is 0.340 e. The minimum absolute atomic E-state index is 0.0308. The normalized spacial score (nSPS) is 13.7. The number of aromatic nitrogens is 3. The van der Waals surface area contributed by atoms with E-state index in [-0.39, 0.29) is 12.5 Å². The molecular formula is C19H20N4O3S. The number of pyridine rings is 1. The first-order valence-electron chi connectivity index (χ1n) is 8.78. The molecule has 4 rings (SSSR count). The molecule has 3 aromatic rings. The van der Waals surface area contributed by atoms with Crippen LogP contribution in [0.4, 0.5) is 5.00 Å². The van der Waals surface area contributed by atoms with E-state index in [0.29, 0.717) is 16.5 Å². The molecule has 1 N–H and O–H groups in total. The number of hydrogen-bond acceptors (Lipinski definition) is 6. The number of anilines is 1. The van der Waals surface area contributed by atoms with Gasteiger partial charge in [-0.25, -0.2) is 14.5 Å². The summed E-state index contributed by atoms with van der Waals surface area (Å²) in [5, 5.41) is 8.88. The first-order valence-corrected chi connectivity index (χ1v) is 9.60. The summed E-state index contributed by atoms with van der Waals surface area (Å²) in [5.41, 5.74) is 3.24. The molecule has 1 saturated carbocycles. The van der Waals surface area contributed by atoms with Gasteiger partial charge in [0.25, 0.3) is 0 Å². The van der Waals surface area contributed by atoms with Crippen LogP contribution in [-0.4, -0.2) is 33.8 Å². The standard InChI is InChI=1S/C19H20N4O3S/c1-10-8-14(19(25)26-3)18(27-10)21-15(24)9-23-17-16(11(2)22-23)13(6-7-20-17)12-4-5-12/h6-8,12H,4-5,9H2,1-3H3,(H,21,24). The second-order valence-corrected chi connectivity index (χ2v) is 8.01. The number of fused-ring (bicyclic) bond motifs is 1. The van der Waals surface area contributed by atoms with Crippen molar-refractivity contribution >= 4 is 39.2 Å². The first-order chi connectivity index (χ1) is 13.0. The van der Waals surface area contributed by atoms with Crippen LogP contribution in [0.2, 0.25) is 0 Å². The Morgan fingerprint density at radius 1 is 1.37 bits per heavy atom. The van der Waals surface area contributed by atoms with Crippen molar-refractivity contribution < 1.29 is 14.3 Å². The number of nitrogens with zero attached hydrogens (tertiary/aromatic N) is 3. The SMILES string of the molecule is COC(=O)c1cc(C)sc1NC(=O)Cn1nc(C)c2c(C3CC3)ccnc21. The van der Waals surface area contributed by atoms with E-state index in [1.807, 2.05) is 13.8 Å². The molecule has 3 aromatic heterocycles. The van der Waals surface area contributed by atoms with Crippen LogP contribution in [0.5, 0.6) is 0 Å². The topological polar surface area (TPSA) is 86.1 Å². The molecule has 0 radical (unpaired) electrons. The number of rotatable bonds is 5. The van der Waals surface area contributed by atoms with E-state index in [2.05, 4.69) is 21.5 Å². The monoisotopic (exact) mass is 384 g/mol. The van der Waals surface area contributed by atoms with Crippen molar-refractivity contribution in [2.75, 3.05) is 12.4 Å². The van der Waals surface area contributed by atoms with Crippen LogP contribution in [0.15, 0.2) is 18.3 Å². The lowest BCUT2D eigenvalue weighted by atomic mass is 10.1. The lowest BCUT2D eigenvalue weighted by molar-refractivity contribution is -0.116. The molecule has 0 bridgehead atoms. The van der Waals surface area contributed by atoms with E-state index in [1.54, 1.807) is 16.9 Å². The Balaban J connectivity index is 1.59. The van der Waals surface area contributed by atoms with Gasteiger partial charge in [0.05, 0.1) is 18.4 Å². The fraction of sp³-hybridized carbons (Fsp3) is 0.368. The van der Waals surface area contributed by atoms with Crippen molar-refractivity contribution in [3.05, 3.63) is 40.0 Å². The molecule has 1 fully saturated rings. The molecule has 3 heterocycles. The zero-order valence-corrected chi connectivity index (χ0v) is 16.2. The predicted molar refractivity (Wildman–Crippen MR) is 103 cm³/mol. The van der Waals surface area contributed by atoms with Gasteiger partial charge in [0.1, 0.15) is 11.5 Å². The first kappa shape index (κ1) is 17.7. The molecule has 140 valence electrons. The number of ether oxygens (including phenoxy) is 1. The van der Waals surface area contributed by atoms with E-state index < -0.39 is 5.97 Å². The third-order valence-electron chi connectivity index (χ3n) is 4.66. The average molecular weight is 384 g/mol. The van der Waals surface area contributed by atoms with Gasteiger partial charge in [-0.3, -0.25) is 4.79 Å². The van der Waals surface area contributed by atoms with E-state index >= 15 is 0 Å². The van der Waals surface area contributed by atoms with E-state index in [9.17, 15) is 9.59 Å². The van der Waals surface area contributed by atoms with Gasteiger partial charge < -0.3 is 10.1 Å². The van der Waals surface area contributed by atoms with Gasteiger partial charge in [0.2, 0.25) is 5.91 Å². The summed E-state index contributed by atoms with van der Waals surface area (Å²) in [4.78, 5) is 29.8. The maximum absolute atomic E-state index is 12.6. The van der Waals surface area contributed by atoms with Crippen LogP contribution in [-0.2, 0) is 16.1 Å². The third kappa shape index (κ3) is 3.32. The smallest absolute Gasteiger partial charge is 0.340 e. The molecule has 1 aliphatic carbocycles. The van der Waals surface area contributed by atoms with Crippen LogP contribution in [0.25, 0.3) is 11.0 Å². The van der Waals surface area contributed by atoms with Crippen molar-refractivity contribution in [1.29, 1.82) is 0 Å². The number of methoxy groups -OCH3 is 1. The summed E-state index contributed by atoms with van der Waals surface area (Å²) in [7, 11) is 1.32. The van der Waals surface area contributed by atoms with E-state index in [1.165, 1.54) is 36.9 Å². The Hall–Kier alpha value is -2.74. The molecule has 27 heavy (non-hydrogen) atoms. The Labute approximate surface area is 160 Å². The van der Waals surface area contributed by atoms with Crippen molar-refractivity contribution in [1.82, 2.24) is 14.8 Å². The Morgan fingerprint density at radius 2 is 2.15 bits per heavy atom. The zero-order valence-electron chi connectivity index (χ0n) is 15.4. The van der Waals surface area contributed by atoms with Gasteiger partial charge in [-0.15, -0.1) is 11.3 Å². The van der Waals surface area contributed by atoms with Crippen LogP contribution < -0.4 is 5.32 Å². The van der Waals surface area contributed by atoms with E-state index in [4.69, 9.17) is 4.74 Å². The molecule has 7 nitrogen and oxygen atoms in total. The molecule has 0 atom stereocenters. The highest BCUT2D eigenvalue weighted by Gasteiger charge is 2.28. The Morgan fingerprint density at radius 3 is 2.85 bits per heavy atom. The summed E-state index contributed by atoms with van der Waals surface area (Å²) in [6.07, 6.45) is 4.17. The largest absolute Gasteiger partial charge is 0.465 e. The molecule has 1 aliphatic rings. The minimum Gasteiger partial charge on any atom is -0.465 e. The second-order valence-electron chi connectivity index (χ2n) is 6.76. The average Bonchev–Trinajstić information content (AvgIpc) is 3.36. The molecular weight excluding hydrogens is 364 g/mol. The van der Waals surface area contributed by atoms with Crippen molar-refractivity contribution in [2.45, 2.75) is 39.2 Å². The van der Waals surface area contributed by atoms with Crippen molar-refractivity contribution in [3.63, 3.8) is 0 Å². The summed E-state index contributed by atoms with van der Waals surface area (Å²) in [6.45, 7) is 3.85. The quantitative estimate of drug-likeness (QED) is 0.681. The summed E-state index contributed by atoms with van der Waals surface area (Å²) >= 11 is 1.34. The molecule has 1 amide bonds. The highest BCUT2D eigenvalue weighted by molar-refractivity contribution is 7.16. The van der Waals surface area contributed by atoms with Crippen LogP contribution >= 0.6 is 11.3 Å². The summed E-state index contributed by atoms with van der Waals surface area (Å²) in [5.74, 6) is -0.145. The lowest BCUT2D eigenvalue weighted by Gasteiger charge is -2.06. The number of aryl methyl sites for hydroxylation is 2. The molecule has 8 heteroatoms. The number of esters is 1. The van der Waals surface area contributed by atoms with Crippen molar-refractivity contribution in [3.8, 4) is 0 Å². The van der Waals surface area contributed by atoms with Crippen LogP contribution in [0.3, 0.4) is 0 Å². The van der Waals surface area contributed by atoms with Crippen molar-refractivity contribution in [2.24, 2.45) is 0 Å². The lowest BCUT2D eigenvalue weighted by Crippen LogP contribution is -2.20. The highest BCUT2D eigenvalue weighted by Crippen LogP contribution is 2.43. The fourth-order valence-corrected chi connectivity index (χ4v) is 4.24. The van der Waals surface area contributed by atoms with Gasteiger partial charge in [0, 0.05) is 16.5 Å². The Kier molecular flexibility index (Phi) is 4.43. The number of amides is 1. The molecule has 0 aromatic carbocycles. The Bertz CT molecular complexity index is 1050. The molecule has 0 unspecified atom stereocenters. The van der Waals surface area contributed by atoms with Gasteiger partial charge in [-0.2, -0.15) is 5.10 Å². The molecule has 0 spiro atoms. The van der Waals surface area contributed by atoms with Crippen LogP contribution in [0, 0.1) is 13.8 Å². The van der Waals surface area contributed by atoms with Gasteiger partial charge in [-0.05, 0) is 50.3 Å². The summed E-state index contributed by atoms with van der Waals surface area (Å²) < 4.78 is 6.41. The maximum atomic E-state index is 12.6. The minimum atomic E-state index is -0.467. The number of carbonyl (C=O) groups excluding carboxylic acids is 2. The predicted octanol–water partition coefficient (Wildman–Crippen LogP) is 3.41. The van der Waals surface area contributed by atoms with Gasteiger partial charge in [0.15, 0.2) is 5.65 Å². The number of thiophene rings is 1. The van der Waals surface area contributed by atoms with Gasteiger partial charge in [-0.1, -0.05) is 0 Å². The van der Waals surface area contributed by atoms with Crippen LogP contribution in [0.1, 0.15) is 45.3 Å².